The summed E-state index contributed by atoms with van der Waals surface area (Å²) >= 11 is 0. The van der Waals surface area contributed by atoms with Crippen LogP contribution >= 0.6 is 0 Å². The molecule has 17 heavy (non-hydrogen) atoms. The molecule has 0 radical (unpaired) electrons. The van der Waals surface area contributed by atoms with Crippen LogP contribution in [0.3, 0.4) is 0 Å². The highest BCUT2D eigenvalue weighted by atomic mass is 16.3. The van der Waals surface area contributed by atoms with E-state index in [0.717, 1.165) is 32.2 Å². The first-order valence-corrected chi connectivity index (χ1v) is 6.67. The van der Waals surface area contributed by atoms with Gasteiger partial charge in [0.15, 0.2) is 0 Å². The third kappa shape index (κ3) is 5.33. The van der Waals surface area contributed by atoms with E-state index >= 15 is 0 Å². The number of hydrogen-bond donors (Lipinski definition) is 2. The van der Waals surface area contributed by atoms with Crippen LogP contribution in [0.15, 0.2) is 30.3 Å². The van der Waals surface area contributed by atoms with Gasteiger partial charge in [-0.3, -0.25) is 0 Å². The quantitative estimate of drug-likeness (QED) is 0.725. The van der Waals surface area contributed by atoms with Gasteiger partial charge in [-0.05, 0) is 18.4 Å². The molecule has 0 unspecified atom stereocenters. The molecule has 1 rings (SSSR count). The molecule has 0 bridgehead atoms. The summed E-state index contributed by atoms with van der Waals surface area (Å²) in [4.78, 5) is 0. The summed E-state index contributed by atoms with van der Waals surface area (Å²) in [6.07, 6.45) is 3.82. The first kappa shape index (κ1) is 14.2. The summed E-state index contributed by atoms with van der Waals surface area (Å²) in [7, 11) is 0. The molecular weight excluding hydrogens is 210 g/mol. The molecule has 0 aliphatic rings. The predicted octanol–water partition coefficient (Wildman–Crippen LogP) is 3.11. The molecule has 96 valence electrons. The van der Waals surface area contributed by atoms with Crippen LogP contribution in [0.2, 0.25) is 0 Å². The lowest BCUT2D eigenvalue weighted by atomic mass is 9.92. The highest BCUT2D eigenvalue weighted by Gasteiger charge is 2.23. The van der Waals surface area contributed by atoms with E-state index in [0.29, 0.717) is 6.54 Å². The predicted molar refractivity (Wildman–Crippen MR) is 72.9 cm³/mol. The van der Waals surface area contributed by atoms with E-state index < -0.39 is 5.60 Å². The Morgan fingerprint density at radius 3 is 2.18 bits per heavy atom. The Bertz CT molecular complexity index is 291. The van der Waals surface area contributed by atoms with E-state index in [1.54, 1.807) is 0 Å². The van der Waals surface area contributed by atoms with Crippen LogP contribution in [0.25, 0.3) is 0 Å². The zero-order valence-electron chi connectivity index (χ0n) is 11.1. The maximum absolute atomic E-state index is 10.4. The third-order valence-electron chi connectivity index (χ3n) is 3.06. The van der Waals surface area contributed by atoms with Gasteiger partial charge < -0.3 is 10.4 Å². The SMILES string of the molecule is CCCC(O)(CCC)CNCc1ccccc1. The molecule has 0 aliphatic carbocycles. The average molecular weight is 235 g/mol. The number of nitrogens with one attached hydrogen (secondary N) is 1. The Kier molecular flexibility index (Phi) is 6.23. The molecule has 0 fully saturated rings. The van der Waals surface area contributed by atoms with Crippen molar-refractivity contribution in [2.45, 2.75) is 51.7 Å². The zero-order valence-corrected chi connectivity index (χ0v) is 11.1. The van der Waals surface area contributed by atoms with Crippen LogP contribution in [0.4, 0.5) is 0 Å². The largest absolute Gasteiger partial charge is 0.389 e. The maximum atomic E-state index is 10.4. The Balaban J connectivity index is 2.37. The van der Waals surface area contributed by atoms with Gasteiger partial charge in [0.1, 0.15) is 0 Å². The van der Waals surface area contributed by atoms with Crippen molar-refractivity contribution in [1.29, 1.82) is 0 Å². The molecule has 0 amide bonds. The second kappa shape index (κ2) is 7.46. The fourth-order valence-electron chi connectivity index (χ4n) is 2.27. The van der Waals surface area contributed by atoms with Gasteiger partial charge in [-0.25, -0.2) is 0 Å². The molecule has 0 saturated carbocycles. The van der Waals surface area contributed by atoms with Crippen molar-refractivity contribution in [3.05, 3.63) is 35.9 Å². The summed E-state index contributed by atoms with van der Waals surface area (Å²) in [6, 6.07) is 10.3. The van der Waals surface area contributed by atoms with Gasteiger partial charge >= 0.3 is 0 Å². The van der Waals surface area contributed by atoms with Crippen LogP contribution < -0.4 is 5.32 Å². The highest BCUT2D eigenvalue weighted by Crippen LogP contribution is 2.18. The van der Waals surface area contributed by atoms with Crippen molar-refractivity contribution < 1.29 is 5.11 Å². The van der Waals surface area contributed by atoms with Gasteiger partial charge in [0.05, 0.1) is 5.60 Å². The number of hydrogen-bond acceptors (Lipinski definition) is 2. The minimum atomic E-state index is -0.529. The Labute approximate surface area is 105 Å². The Morgan fingerprint density at radius 1 is 1.06 bits per heavy atom. The molecule has 1 aromatic rings. The van der Waals surface area contributed by atoms with Crippen molar-refractivity contribution >= 4 is 0 Å². The molecular formula is C15H25NO. The van der Waals surface area contributed by atoms with E-state index in [1.807, 2.05) is 18.2 Å². The van der Waals surface area contributed by atoms with Gasteiger partial charge in [-0.1, -0.05) is 57.0 Å². The summed E-state index contributed by atoms with van der Waals surface area (Å²) in [5.41, 5.74) is 0.737. The van der Waals surface area contributed by atoms with Gasteiger partial charge in [-0.2, -0.15) is 0 Å². The van der Waals surface area contributed by atoms with Crippen molar-refractivity contribution in [2.24, 2.45) is 0 Å². The summed E-state index contributed by atoms with van der Waals surface area (Å²) in [5.74, 6) is 0. The highest BCUT2D eigenvalue weighted by molar-refractivity contribution is 5.14. The van der Waals surface area contributed by atoms with Crippen LogP contribution in [-0.2, 0) is 6.54 Å². The number of aliphatic hydroxyl groups is 1. The molecule has 0 heterocycles. The summed E-state index contributed by atoms with van der Waals surface area (Å²) in [6.45, 7) is 5.76. The molecule has 0 aliphatic heterocycles. The Hall–Kier alpha value is -0.860. The van der Waals surface area contributed by atoms with Crippen LogP contribution in [0, 0.1) is 0 Å². The van der Waals surface area contributed by atoms with Crippen molar-refractivity contribution in [3.63, 3.8) is 0 Å². The monoisotopic (exact) mass is 235 g/mol. The molecule has 0 atom stereocenters. The van der Waals surface area contributed by atoms with Gasteiger partial charge in [-0.15, -0.1) is 0 Å². The lowest BCUT2D eigenvalue weighted by molar-refractivity contribution is 0.0215. The Morgan fingerprint density at radius 2 is 1.65 bits per heavy atom. The van der Waals surface area contributed by atoms with Crippen LogP contribution in [0.5, 0.6) is 0 Å². The third-order valence-corrected chi connectivity index (χ3v) is 3.06. The van der Waals surface area contributed by atoms with E-state index in [-0.39, 0.29) is 0 Å². The van der Waals surface area contributed by atoms with Crippen LogP contribution in [-0.4, -0.2) is 17.3 Å². The fourth-order valence-corrected chi connectivity index (χ4v) is 2.27. The maximum Gasteiger partial charge on any atom is 0.0771 e. The standard InChI is InChI=1S/C15H25NO/c1-3-10-15(17,11-4-2)13-16-12-14-8-6-5-7-9-14/h5-9,16-17H,3-4,10-13H2,1-2H3. The van der Waals surface area contributed by atoms with Gasteiger partial charge in [0.2, 0.25) is 0 Å². The minimum absolute atomic E-state index is 0.529. The summed E-state index contributed by atoms with van der Waals surface area (Å²) < 4.78 is 0. The molecule has 2 nitrogen and oxygen atoms in total. The topological polar surface area (TPSA) is 32.3 Å². The molecule has 0 spiro atoms. The lowest BCUT2D eigenvalue weighted by Crippen LogP contribution is -2.40. The van der Waals surface area contributed by atoms with E-state index in [4.69, 9.17) is 0 Å². The smallest absolute Gasteiger partial charge is 0.0771 e. The second-order valence-corrected chi connectivity index (χ2v) is 4.81. The molecule has 1 aromatic carbocycles. The second-order valence-electron chi connectivity index (χ2n) is 4.81. The van der Waals surface area contributed by atoms with Crippen molar-refractivity contribution in [2.75, 3.05) is 6.54 Å². The van der Waals surface area contributed by atoms with E-state index in [2.05, 4.69) is 31.3 Å². The van der Waals surface area contributed by atoms with Gasteiger partial charge in [0, 0.05) is 13.1 Å². The summed E-state index contributed by atoms with van der Waals surface area (Å²) in [5, 5.41) is 13.8. The zero-order chi connectivity index (χ0) is 12.6. The number of benzene rings is 1. The number of rotatable bonds is 8. The van der Waals surface area contributed by atoms with Crippen molar-refractivity contribution in [3.8, 4) is 0 Å². The molecule has 0 saturated heterocycles. The first-order chi connectivity index (χ1) is 8.20. The first-order valence-electron chi connectivity index (χ1n) is 6.67. The minimum Gasteiger partial charge on any atom is -0.389 e. The van der Waals surface area contributed by atoms with E-state index in [1.165, 1.54) is 5.56 Å². The molecule has 0 aromatic heterocycles. The van der Waals surface area contributed by atoms with E-state index in [9.17, 15) is 5.11 Å². The molecule has 2 heteroatoms. The fraction of sp³-hybridized carbons (Fsp3) is 0.600. The normalized spacial score (nSPS) is 11.7. The lowest BCUT2D eigenvalue weighted by Gasteiger charge is -2.28. The molecule has 2 N–H and O–H groups in total. The van der Waals surface area contributed by atoms with Crippen molar-refractivity contribution in [1.82, 2.24) is 5.32 Å². The average Bonchev–Trinajstić information content (AvgIpc) is 2.31. The van der Waals surface area contributed by atoms with Gasteiger partial charge in [0.25, 0.3) is 0 Å². The van der Waals surface area contributed by atoms with Crippen LogP contribution in [0.1, 0.15) is 45.1 Å².